The lowest BCUT2D eigenvalue weighted by Gasteiger charge is -2.30. The fourth-order valence-electron chi connectivity index (χ4n) is 2.72. The second-order valence-electron chi connectivity index (χ2n) is 7.88. The van der Waals surface area contributed by atoms with Crippen LogP contribution in [0.15, 0.2) is 12.1 Å². The van der Waals surface area contributed by atoms with E-state index in [1.54, 1.807) is 0 Å². The van der Waals surface area contributed by atoms with Gasteiger partial charge in [0, 0.05) is 0 Å². The van der Waals surface area contributed by atoms with Gasteiger partial charge >= 0.3 is 8.60 Å². The fraction of sp³-hybridized carbons (Fsp3) is 0.647. The van der Waals surface area contributed by atoms with Crippen LogP contribution >= 0.6 is 8.60 Å². The van der Waals surface area contributed by atoms with Gasteiger partial charge in [-0.05, 0) is 40.0 Å². The summed E-state index contributed by atoms with van der Waals surface area (Å²) in [4.78, 5) is 9.55. The molecule has 0 radical (unpaired) electrons. The van der Waals surface area contributed by atoms with Gasteiger partial charge in [-0.2, -0.15) is 0 Å². The summed E-state index contributed by atoms with van der Waals surface area (Å²) in [6.45, 7) is 15.9. The largest absolute Gasteiger partial charge is 0.330 e. The van der Waals surface area contributed by atoms with Gasteiger partial charge in [0.05, 0.1) is 6.61 Å². The minimum Gasteiger partial charge on any atom is -0.328 e. The van der Waals surface area contributed by atoms with Gasteiger partial charge in [0.25, 0.3) is 0 Å². The van der Waals surface area contributed by atoms with E-state index in [2.05, 4.69) is 60.6 Å². The molecule has 1 aliphatic heterocycles. The van der Waals surface area contributed by atoms with Crippen LogP contribution in [-0.2, 0) is 19.9 Å². The first kappa shape index (κ1) is 16.9. The van der Waals surface area contributed by atoms with Crippen LogP contribution in [0.5, 0.6) is 0 Å². The third-order valence-electron chi connectivity index (χ3n) is 3.94. The maximum atomic E-state index is 9.55. The zero-order chi connectivity index (χ0) is 16.0. The van der Waals surface area contributed by atoms with Gasteiger partial charge in [-0.3, -0.25) is 0 Å². The lowest BCUT2D eigenvalue weighted by molar-refractivity contribution is 0.235. The Morgan fingerprint density at radius 2 is 1.71 bits per heavy atom. The summed E-state index contributed by atoms with van der Waals surface area (Å²) < 4.78 is 10.8. The van der Waals surface area contributed by atoms with Crippen molar-refractivity contribution in [3.05, 3.63) is 34.4 Å². The topological polar surface area (TPSA) is 38.7 Å². The summed E-state index contributed by atoms with van der Waals surface area (Å²) >= 11 is 0. The molecule has 0 aliphatic carbocycles. The van der Waals surface area contributed by atoms with Crippen molar-refractivity contribution in [3.8, 4) is 0 Å². The third kappa shape index (κ3) is 3.65. The van der Waals surface area contributed by atoms with E-state index in [-0.39, 0.29) is 16.9 Å². The van der Waals surface area contributed by atoms with Crippen molar-refractivity contribution in [3.63, 3.8) is 0 Å². The van der Waals surface area contributed by atoms with Gasteiger partial charge < -0.3 is 13.9 Å². The van der Waals surface area contributed by atoms with Gasteiger partial charge in [-0.25, -0.2) is 0 Å². The molecule has 1 aromatic carbocycles. The van der Waals surface area contributed by atoms with E-state index in [1.807, 2.05) is 0 Å². The Morgan fingerprint density at radius 1 is 1.10 bits per heavy atom. The van der Waals surface area contributed by atoms with E-state index in [9.17, 15) is 4.89 Å². The molecule has 0 saturated carbocycles. The van der Waals surface area contributed by atoms with Gasteiger partial charge in [-0.1, -0.05) is 53.7 Å². The molecule has 1 aliphatic rings. The first-order valence-electron chi connectivity index (χ1n) is 7.44. The molecule has 0 aromatic heterocycles. The van der Waals surface area contributed by atoms with Crippen LogP contribution in [0.3, 0.4) is 0 Å². The van der Waals surface area contributed by atoms with Gasteiger partial charge in [0.2, 0.25) is 0 Å². The summed E-state index contributed by atoms with van der Waals surface area (Å²) in [5.74, 6) is 0. The molecule has 1 fully saturated rings. The van der Waals surface area contributed by atoms with E-state index >= 15 is 0 Å². The van der Waals surface area contributed by atoms with Gasteiger partial charge in [0.15, 0.2) is 0 Å². The molecular formula is C17H27O3P. The van der Waals surface area contributed by atoms with Crippen molar-refractivity contribution in [2.75, 3.05) is 6.61 Å². The Bertz CT molecular complexity index is 526. The molecule has 118 valence electrons. The molecule has 1 heterocycles. The minimum absolute atomic E-state index is 0.0194. The predicted octanol–water partition coefficient (Wildman–Crippen LogP) is 4.90. The lowest BCUT2D eigenvalue weighted by atomic mass is 9.76. The third-order valence-corrected chi connectivity index (χ3v) is 4.74. The zero-order valence-electron chi connectivity index (χ0n) is 14.2. The maximum Gasteiger partial charge on any atom is 0.330 e. The average Bonchev–Trinajstić information content (AvgIpc) is 2.72. The van der Waals surface area contributed by atoms with Crippen LogP contribution in [-0.4, -0.2) is 11.5 Å². The highest BCUT2D eigenvalue weighted by Gasteiger charge is 2.33. The highest BCUT2D eigenvalue weighted by Crippen LogP contribution is 2.49. The second kappa shape index (κ2) is 5.62. The van der Waals surface area contributed by atoms with Crippen molar-refractivity contribution in [2.24, 2.45) is 0 Å². The van der Waals surface area contributed by atoms with E-state index < -0.39 is 8.60 Å². The van der Waals surface area contributed by atoms with E-state index in [4.69, 9.17) is 9.05 Å². The summed E-state index contributed by atoms with van der Waals surface area (Å²) in [5.41, 5.74) is 5.14. The van der Waals surface area contributed by atoms with Crippen LogP contribution in [0.1, 0.15) is 69.9 Å². The average molecular weight is 310 g/mol. The molecule has 1 N–H and O–H groups in total. The van der Waals surface area contributed by atoms with Crippen molar-refractivity contribution in [1.29, 1.82) is 0 Å². The second-order valence-corrected chi connectivity index (χ2v) is 8.83. The quantitative estimate of drug-likeness (QED) is 0.750. The summed E-state index contributed by atoms with van der Waals surface area (Å²) in [5, 5.41) is 0. The summed E-state index contributed by atoms with van der Waals surface area (Å²) in [6, 6.07) is 4.54. The molecule has 4 heteroatoms. The molecule has 0 amide bonds. The highest BCUT2D eigenvalue weighted by atomic mass is 31.2. The fourth-order valence-corrected chi connectivity index (χ4v) is 3.42. The molecule has 2 atom stereocenters. The molecule has 21 heavy (non-hydrogen) atoms. The SMILES string of the molecule is Cc1cc(C(C)(C)C)cc(C(C)(C)C)c1C1COP(O)O1. The maximum absolute atomic E-state index is 9.55. The minimum atomic E-state index is -1.72. The van der Waals surface area contributed by atoms with Crippen molar-refractivity contribution in [2.45, 2.75) is 65.4 Å². The number of hydrogen-bond donors (Lipinski definition) is 1. The smallest absolute Gasteiger partial charge is 0.328 e. The Labute approximate surface area is 129 Å². The predicted molar refractivity (Wildman–Crippen MR) is 87.5 cm³/mol. The van der Waals surface area contributed by atoms with E-state index in [0.717, 1.165) is 0 Å². The molecule has 0 bridgehead atoms. The Kier molecular flexibility index (Phi) is 4.52. The molecule has 3 nitrogen and oxygen atoms in total. The van der Waals surface area contributed by atoms with Crippen LogP contribution in [0.2, 0.25) is 0 Å². The Balaban J connectivity index is 2.59. The van der Waals surface area contributed by atoms with Crippen LogP contribution in [0, 0.1) is 6.92 Å². The van der Waals surface area contributed by atoms with Crippen molar-refractivity contribution >= 4 is 8.60 Å². The molecule has 1 aromatic rings. The van der Waals surface area contributed by atoms with E-state index in [1.165, 1.54) is 22.3 Å². The molecular weight excluding hydrogens is 283 g/mol. The van der Waals surface area contributed by atoms with Gasteiger partial charge in [-0.15, -0.1) is 0 Å². The normalized spacial score (nSPS) is 23.6. The monoisotopic (exact) mass is 310 g/mol. The first-order chi connectivity index (χ1) is 9.50. The Morgan fingerprint density at radius 3 is 2.14 bits per heavy atom. The summed E-state index contributed by atoms with van der Waals surface area (Å²) in [7, 11) is -1.72. The van der Waals surface area contributed by atoms with Crippen molar-refractivity contribution in [1.82, 2.24) is 0 Å². The van der Waals surface area contributed by atoms with Crippen LogP contribution < -0.4 is 0 Å². The number of benzene rings is 1. The van der Waals surface area contributed by atoms with E-state index in [0.29, 0.717) is 6.61 Å². The zero-order valence-corrected chi connectivity index (χ0v) is 15.0. The molecule has 1 saturated heterocycles. The number of hydrogen-bond acceptors (Lipinski definition) is 3. The molecule has 2 rings (SSSR count). The number of aryl methyl sites for hydroxylation is 1. The van der Waals surface area contributed by atoms with Crippen molar-refractivity contribution < 1.29 is 13.9 Å². The summed E-state index contributed by atoms with van der Waals surface area (Å²) in [6.07, 6.45) is -0.163. The number of rotatable bonds is 1. The standard InChI is InChI=1S/C17H27O3P/c1-11-8-12(16(2,3)4)9-13(17(5,6)7)15(11)14-10-19-21(18)20-14/h8-9,14,18H,10H2,1-7H3. The van der Waals surface area contributed by atoms with Gasteiger partial charge in [0.1, 0.15) is 6.10 Å². The highest BCUT2D eigenvalue weighted by molar-refractivity contribution is 7.40. The molecule has 0 spiro atoms. The van der Waals surface area contributed by atoms with Crippen LogP contribution in [0.25, 0.3) is 0 Å². The molecule has 2 unspecified atom stereocenters. The first-order valence-corrected chi connectivity index (χ1v) is 8.57. The lowest BCUT2D eigenvalue weighted by Crippen LogP contribution is -2.21. The Hall–Kier alpha value is -0.470. The van der Waals surface area contributed by atoms with Crippen LogP contribution in [0.4, 0.5) is 0 Å².